The van der Waals surface area contributed by atoms with Crippen LogP contribution < -0.4 is 5.32 Å². The highest BCUT2D eigenvalue weighted by atomic mass is 35.5. The maximum Gasteiger partial charge on any atom is 0.289 e. The summed E-state index contributed by atoms with van der Waals surface area (Å²) < 4.78 is 27.3. The van der Waals surface area contributed by atoms with Gasteiger partial charge in [-0.25, -0.2) is 8.42 Å². The standard InChI is InChI=1S/C19H21Cl2N3O5S/c1-4-7-23(11-19(25)22-16-10-14(20)5-6-15(16)21)30(28,29)18-9-13(3)12(2)8-17(18)24(26)27/h5-6,8-10H,4,7,11H2,1-3H3,(H,22,25). The quantitative estimate of drug-likeness (QED) is 0.446. The number of nitro groups is 1. The number of amides is 1. The van der Waals surface area contributed by atoms with Crippen molar-refractivity contribution in [3.05, 3.63) is 61.6 Å². The van der Waals surface area contributed by atoms with E-state index in [0.29, 0.717) is 22.6 Å². The molecule has 0 fully saturated rings. The van der Waals surface area contributed by atoms with Crippen molar-refractivity contribution in [3.63, 3.8) is 0 Å². The minimum atomic E-state index is -4.31. The van der Waals surface area contributed by atoms with Gasteiger partial charge in [-0.2, -0.15) is 4.31 Å². The van der Waals surface area contributed by atoms with E-state index in [1.54, 1.807) is 26.8 Å². The van der Waals surface area contributed by atoms with E-state index in [0.717, 1.165) is 4.31 Å². The zero-order valence-electron chi connectivity index (χ0n) is 16.6. The van der Waals surface area contributed by atoms with Crippen LogP contribution in [0.4, 0.5) is 11.4 Å². The molecule has 0 heterocycles. The number of sulfonamides is 1. The Hall–Kier alpha value is -2.20. The monoisotopic (exact) mass is 473 g/mol. The minimum Gasteiger partial charge on any atom is -0.324 e. The lowest BCUT2D eigenvalue weighted by molar-refractivity contribution is -0.387. The summed E-state index contributed by atoms with van der Waals surface area (Å²) in [6, 6.07) is 6.97. The topological polar surface area (TPSA) is 110 Å². The number of halogens is 2. The number of hydrogen-bond acceptors (Lipinski definition) is 5. The molecule has 2 aromatic rings. The van der Waals surface area contributed by atoms with E-state index < -0.39 is 38.0 Å². The first-order chi connectivity index (χ1) is 14.0. The van der Waals surface area contributed by atoms with Gasteiger partial charge in [0.05, 0.1) is 22.2 Å². The van der Waals surface area contributed by atoms with E-state index in [1.807, 2.05) is 0 Å². The Morgan fingerprint density at radius 3 is 2.40 bits per heavy atom. The zero-order chi connectivity index (χ0) is 22.6. The molecule has 0 aliphatic heterocycles. The van der Waals surface area contributed by atoms with E-state index >= 15 is 0 Å². The number of benzene rings is 2. The van der Waals surface area contributed by atoms with Crippen LogP contribution in [0.15, 0.2) is 35.2 Å². The van der Waals surface area contributed by atoms with Gasteiger partial charge in [-0.1, -0.05) is 30.1 Å². The summed E-state index contributed by atoms with van der Waals surface area (Å²) in [6.45, 7) is 4.52. The highest BCUT2D eigenvalue weighted by Gasteiger charge is 2.33. The summed E-state index contributed by atoms with van der Waals surface area (Å²) in [5.74, 6) is -0.650. The maximum atomic E-state index is 13.2. The molecule has 0 radical (unpaired) electrons. The normalized spacial score (nSPS) is 11.5. The van der Waals surface area contributed by atoms with Crippen molar-refractivity contribution in [1.82, 2.24) is 4.31 Å². The lowest BCUT2D eigenvalue weighted by Gasteiger charge is -2.22. The van der Waals surface area contributed by atoms with Crippen LogP contribution in [0.2, 0.25) is 10.0 Å². The Kier molecular flexibility index (Phi) is 7.81. The third-order valence-electron chi connectivity index (χ3n) is 4.39. The number of nitrogens with zero attached hydrogens (tertiary/aromatic N) is 2. The number of hydrogen-bond donors (Lipinski definition) is 1. The number of anilines is 1. The van der Waals surface area contributed by atoms with Gasteiger partial charge >= 0.3 is 0 Å². The molecule has 0 atom stereocenters. The molecule has 2 rings (SSSR count). The largest absolute Gasteiger partial charge is 0.324 e. The molecule has 0 aromatic heterocycles. The average molecular weight is 474 g/mol. The number of carbonyl (C=O) groups is 1. The number of rotatable bonds is 8. The Morgan fingerprint density at radius 2 is 1.80 bits per heavy atom. The van der Waals surface area contributed by atoms with Crippen molar-refractivity contribution in [1.29, 1.82) is 0 Å². The average Bonchev–Trinajstić information content (AvgIpc) is 2.65. The van der Waals surface area contributed by atoms with Crippen LogP contribution in [-0.4, -0.2) is 36.6 Å². The van der Waals surface area contributed by atoms with Gasteiger partial charge in [-0.15, -0.1) is 0 Å². The van der Waals surface area contributed by atoms with Gasteiger partial charge in [0.15, 0.2) is 4.90 Å². The van der Waals surface area contributed by atoms with E-state index in [4.69, 9.17) is 23.2 Å². The van der Waals surface area contributed by atoms with Gasteiger partial charge in [-0.05, 0) is 55.7 Å². The number of nitrogens with one attached hydrogen (secondary N) is 1. The maximum absolute atomic E-state index is 13.2. The summed E-state index contributed by atoms with van der Waals surface area (Å²) in [5.41, 5.74) is 0.888. The molecule has 1 amide bonds. The summed E-state index contributed by atoms with van der Waals surface area (Å²) in [4.78, 5) is 22.8. The summed E-state index contributed by atoms with van der Waals surface area (Å²) in [6.07, 6.45) is 0.406. The minimum absolute atomic E-state index is 0.00308. The third-order valence-corrected chi connectivity index (χ3v) is 6.82. The van der Waals surface area contributed by atoms with Crippen LogP contribution in [0.25, 0.3) is 0 Å². The van der Waals surface area contributed by atoms with E-state index in [9.17, 15) is 23.3 Å². The van der Waals surface area contributed by atoms with Gasteiger partial charge in [0, 0.05) is 17.6 Å². The molecule has 2 aromatic carbocycles. The SMILES string of the molecule is CCCN(CC(=O)Nc1cc(Cl)ccc1Cl)S(=O)(=O)c1cc(C)c(C)cc1[N+](=O)[O-]. The molecule has 30 heavy (non-hydrogen) atoms. The Balaban J connectivity index is 2.39. The highest BCUT2D eigenvalue weighted by molar-refractivity contribution is 7.89. The predicted molar refractivity (Wildman–Crippen MR) is 117 cm³/mol. The van der Waals surface area contributed by atoms with Crippen molar-refractivity contribution in [2.45, 2.75) is 32.1 Å². The zero-order valence-corrected chi connectivity index (χ0v) is 18.9. The second-order valence-corrected chi connectivity index (χ2v) is 9.42. The van der Waals surface area contributed by atoms with Gasteiger partial charge in [0.1, 0.15) is 0 Å². The molecule has 0 spiro atoms. The molecule has 0 bridgehead atoms. The van der Waals surface area contributed by atoms with Crippen molar-refractivity contribution < 1.29 is 18.1 Å². The molecule has 1 N–H and O–H groups in total. The highest BCUT2D eigenvalue weighted by Crippen LogP contribution is 2.30. The molecule has 0 saturated carbocycles. The predicted octanol–water partition coefficient (Wildman–Crippen LogP) is 4.56. The lowest BCUT2D eigenvalue weighted by atomic mass is 10.1. The first-order valence-electron chi connectivity index (χ1n) is 8.98. The molecular formula is C19H21Cl2N3O5S. The fraction of sp³-hybridized carbons (Fsp3) is 0.316. The molecule has 8 nitrogen and oxygen atoms in total. The van der Waals surface area contributed by atoms with E-state index in [2.05, 4.69) is 5.32 Å². The molecule has 162 valence electrons. The van der Waals surface area contributed by atoms with Gasteiger partial charge in [0.25, 0.3) is 5.69 Å². The Labute approximate surface area is 185 Å². The lowest BCUT2D eigenvalue weighted by Crippen LogP contribution is -2.38. The third kappa shape index (κ3) is 5.48. The van der Waals surface area contributed by atoms with E-state index in [-0.39, 0.29) is 17.3 Å². The Morgan fingerprint density at radius 1 is 1.17 bits per heavy atom. The molecule has 0 aliphatic carbocycles. The van der Waals surface area contributed by atoms with Gasteiger partial charge in [0.2, 0.25) is 15.9 Å². The van der Waals surface area contributed by atoms with E-state index in [1.165, 1.54) is 24.3 Å². The molecule has 0 aliphatic rings. The van der Waals surface area contributed by atoms with Crippen LogP contribution in [-0.2, 0) is 14.8 Å². The van der Waals surface area contributed by atoms with Gasteiger partial charge < -0.3 is 5.32 Å². The number of carbonyl (C=O) groups excluding carboxylic acids is 1. The molecule has 0 saturated heterocycles. The second kappa shape index (κ2) is 9.74. The molecule has 0 unspecified atom stereocenters. The smallest absolute Gasteiger partial charge is 0.289 e. The first kappa shape index (κ1) is 24.1. The van der Waals surface area contributed by atoms with Crippen molar-refractivity contribution in [3.8, 4) is 0 Å². The first-order valence-corrected chi connectivity index (χ1v) is 11.2. The Bertz CT molecular complexity index is 1090. The number of nitro benzene ring substituents is 1. The van der Waals surface area contributed by atoms with Crippen LogP contribution in [0, 0.1) is 24.0 Å². The fourth-order valence-corrected chi connectivity index (χ4v) is 4.79. The van der Waals surface area contributed by atoms with Crippen molar-refractivity contribution in [2.24, 2.45) is 0 Å². The van der Waals surface area contributed by atoms with Crippen LogP contribution in [0.3, 0.4) is 0 Å². The molecule has 11 heteroatoms. The second-order valence-electron chi connectivity index (χ2n) is 6.67. The van der Waals surface area contributed by atoms with Crippen LogP contribution in [0.5, 0.6) is 0 Å². The van der Waals surface area contributed by atoms with Gasteiger partial charge in [-0.3, -0.25) is 14.9 Å². The van der Waals surface area contributed by atoms with Crippen molar-refractivity contribution in [2.75, 3.05) is 18.4 Å². The van der Waals surface area contributed by atoms with Crippen LogP contribution >= 0.6 is 23.2 Å². The summed E-state index contributed by atoms with van der Waals surface area (Å²) in [5, 5.41) is 14.6. The summed E-state index contributed by atoms with van der Waals surface area (Å²) in [7, 11) is -4.31. The fourth-order valence-electron chi connectivity index (χ4n) is 2.74. The summed E-state index contributed by atoms with van der Waals surface area (Å²) >= 11 is 11.9. The van der Waals surface area contributed by atoms with Crippen LogP contribution in [0.1, 0.15) is 24.5 Å². The van der Waals surface area contributed by atoms with Crippen molar-refractivity contribution >= 4 is 50.5 Å². The number of aryl methyl sites for hydroxylation is 2. The molecular weight excluding hydrogens is 453 g/mol.